The molecule has 3 nitrogen and oxygen atoms in total. The molecule has 0 N–H and O–H groups in total. The fraction of sp³-hybridized carbons (Fsp3) is 0.533. The number of aromatic nitrogens is 2. The standard InChI is InChI=1S/C15H22N2O/c1-3-5-11-16-13-9-7-8-10-14(13)17(15(16)18)12-6-4-2/h7-10H,3-6,11-12H2,1-2H3. The summed E-state index contributed by atoms with van der Waals surface area (Å²) < 4.78 is 3.85. The van der Waals surface area contributed by atoms with Crippen LogP contribution in [0, 0.1) is 0 Å². The van der Waals surface area contributed by atoms with Gasteiger partial charge in [-0.2, -0.15) is 0 Å². The van der Waals surface area contributed by atoms with E-state index in [1.54, 1.807) is 0 Å². The highest BCUT2D eigenvalue weighted by atomic mass is 16.1. The lowest BCUT2D eigenvalue weighted by Gasteiger charge is -2.01. The first-order chi connectivity index (χ1) is 8.79. The number of para-hydroxylation sites is 2. The van der Waals surface area contributed by atoms with Gasteiger partial charge in [0.25, 0.3) is 0 Å². The predicted octanol–water partition coefficient (Wildman–Crippen LogP) is 3.40. The smallest absolute Gasteiger partial charge is 0.292 e. The number of fused-ring (bicyclic) bond motifs is 1. The summed E-state index contributed by atoms with van der Waals surface area (Å²) in [6, 6.07) is 8.12. The Balaban J connectivity index is 2.49. The molecule has 0 spiro atoms. The molecule has 0 bridgehead atoms. The quantitative estimate of drug-likeness (QED) is 0.767. The van der Waals surface area contributed by atoms with E-state index >= 15 is 0 Å². The summed E-state index contributed by atoms with van der Waals surface area (Å²) in [4.78, 5) is 12.4. The number of unbranched alkanes of at least 4 members (excludes halogenated alkanes) is 2. The van der Waals surface area contributed by atoms with E-state index in [0.717, 1.165) is 49.8 Å². The topological polar surface area (TPSA) is 26.9 Å². The van der Waals surface area contributed by atoms with E-state index in [2.05, 4.69) is 26.0 Å². The number of hydrogen-bond acceptors (Lipinski definition) is 1. The van der Waals surface area contributed by atoms with E-state index in [9.17, 15) is 4.79 Å². The van der Waals surface area contributed by atoms with Crippen LogP contribution in [0.1, 0.15) is 39.5 Å². The summed E-state index contributed by atoms with van der Waals surface area (Å²) in [5, 5.41) is 0. The van der Waals surface area contributed by atoms with Gasteiger partial charge >= 0.3 is 5.69 Å². The molecule has 3 heteroatoms. The molecular formula is C15H22N2O. The SMILES string of the molecule is CCCCn1c(=O)n(CCCC)c2ccccc21. The molecule has 0 unspecified atom stereocenters. The minimum absolute atomic E-state index is 0.151. The molecule has 98 valence electrons. The minimum Gasteiger partial charge on any atom is -0.292 e. The van der Waals surface area contributed by atoms with Crippen LogP contribution in [0.15, 0.2) is 29.1 Å². The number of nitrogens with zero attached hydrogens (tertiary/aromatic N) is 2. The average Bonchev–Trinajstić information content (AvgIpc) is 2.66. The summed E-state index contributed by atoms with van der Waals surface area (Å²) in [6.07, 6.45) is 4.34. The van der Waals surface area contributed by atoms with Gasteiger partial charge in [-0.1, -0.05) is 38.8 Å². The molecule has 0 fully saturated rings. The molecule has 0 aliphatic rings. The van der Waals surface area contributed by atoms with Gasteiger partial charge in [0, 0.05) is 13.1 Å². The van der Waals surface area contributed by atoms with Gasteiger partial charge in [0.05, 0.1) is 11.0 Å². The number of imidazole rings is 1. The molecule has 1 aromatic heterocycles. The maximum atomic E-state index is 12.4. The van der Waals surface area contributed by atoms with Crippen LogP contribution in [0.4, 0.5) is 0 Å². The highest BCUT2D eigenvalue weighted by molar-refractivity contribution is 5.75. The van der Waals surface area contributed by atoms with Crippen molar-refractivity contribution in [2.45, 2.75) is 52.6 Å². The second-order valence-corrected chi connectivity index (χ2v) is 4.78. The molecule has 1 aromatic carbocycles. The summed E-state index contributed by atoms with van der Waals surface area (Å²) in [5.41, 5.74) is 2.30. The molecule has 18 heavy (non-hydrogen) atoms. The van der Waals surface area contributed by atoms with Crippen LogP contribution in [-0.4, -0.2) is 9.13 Å². The van der Waals surface area contributed by atoms with Gasteiger partial charge in [-0.05, 0) is 25.0 Å². The Morgan fingerprint density at radius 1 is 0.889 bits per heavy atom. The Morgan fingerprint density at radius 3 is 1.72 bits per heavy atom. The highest BCUT2D eigenvalue weighted by Crippen LogP contribution is 2.14. The molecule has 0 aliphatic heterocycles. The summed E-state index contributed by atoms with van der Waals surface area (Å²) in [6.45, 7) is 5.96. The molecule has 0 atom stereocenters. The Hall–Kier alpha value is -1.51. The predicted molar refractivity (Wildman–Crippen MR) is 76.0 cm³/mol. The fourth-order valence-electron chi connectivity index (χ4n) is 2.34. The zero-order chi connectivity index (χ0) is 13.0. The molecule has 0 amide bonds. The van der Waals surface area contributed by atoms with Crippen molar-refractivity contribution < 1.29 is 0 Å². The molecule has 1 heterocycles. The molecule has 0 saturated carbocycles. The first kappa shape index (κ1) is 12.9. The Labute approximate surface area is 108 Å². The second-order valence-electron chi connectivity index (χ2n) is 4.78. The van der Waals surface area contributed by atoms with Crippen LogP contribution in [-0.2, 0) is 13.1 Å². The van der Waals surface area contributed by atoms with Crippen LogP contribution in [0.3, 0.4) is 0 Å². The summed E-state index contributed by atoms with van der Waals surface area (Å²) in [5.74, 6) is 0. The minimum atomic E-state index is 0.151. The number of rotatable bonds is 6. The third-order valence-corrected chi connectivity index (χ3v) is 3.40. The van der Waals surface area contributed by atoms with E-state index in [0.29, 0.717) is 0 Å². The van der Waals surface area contributed by atoms with Crippen LogP contribution < -0.4 is 5.69 Å². The zero-order valence-corrected chi connectivity index (χ0v) is 11.4. The van der Waals surface area contributed by atoms with E-state index in [4.69, 9.17) is 0 Å². The van der Waals surface area contributed by atoms with Crippen LogP contribution >= 0.6 is 0 Å². The summed E-state index contributed by atoms with van der Waals surface area (Å²) in [7, 11) is 0. The van der Waals surface area contributed by atoms with Gasteiger partial charge in [0.1, 0.15) is 0 Å². The maximum absolute atomic E-state index is 12.4. The molecule has 0 aliphatic carbocycles. The highest BCUT2D eigenvalue weighted by Gasteiger charge is 2.11. The Bertz CT molecular complexity index is 517. The van der Waals surface area contributed by atoms with Crippen molar-refractivity contribution in [1.82, 2.24) is 9.13 Å². The maximum Gasteiger partial charge on any atom is 0.329 e. The van der Waals surface area contributed by atoms with Gasteiger partial charge < -0.3 is 0 Å². The lowest BCUT2D eigenvalue weighted by Crippen LogP contribution is -2.24. The van der Waals surface area contributed by atoms with Crippen molar-refractivity contribution in [3.05, 3.63) is 34.7 Å². The van der Waals surface area contributed by atoms with E-state index in [-0.39, 0.29) is 5.69 Å². The first-order valence-electron chi connectivity index (χ1n) is 6.97. The third kappa shape index (κ3) is 2.35. The third-order valence-electron chi connectivity index (χ3n) is 3.40. The van der Waals surface area contributed by atoms with Crippen molar-refractivity contribution in [3.8, 4) is 0 Å². The van der Waals surface area contributed by atoms with Crippen LogP contribution in [0.2, 0.25) is 0 Å². The molecule has 0 saturated heterocycles. The van der Waals surface area contributed by atoms with Crippen molar-refractivity contribution in [2.24, 2.45) is 0 Å². The average molecular weight is 246 g/mol. The molecule has 2 rings (SSSR count). The Morgan fingerprint density at radius 2 is 1.33 bits per heavy atom. The number of aryl methyl sites for hydroxylation is 2. The fourth-order valence-corrected chi connectivity index (χ4v) is 2.34. The van der Waals surface area contributed by atoms with E-state index in [1.807, 2.05) is 21.3 Å². The first-order valence-corrected chi connectivity index (χ1v) is 6.97. The lowest BCUT2D eigenvalue weighted by molar-refractivity contribution is 0.574. The van der Waals surface area contributed by atoms with Gasteiger partial charge in [0.15, 0.2) is 0 Å². The summed E-state index contributed by atoms with van der Waals surface area (Å²) >= 11 is 0. The van der Waals surface area contributed by atoms with Crippen molar-refractivity contribution in [1.29, 1.82) is 0 Å². The molecule has 2 aromatic rings. The molecule has 0 radical (unpaired) electrons. The van der Waals surface area contributed by atoms with Gasteiger partial charge in [-0.15, -0.1) is 0 Å². The second kappa shape index (κ2) is 5.89. The monoisotopic (exact) mass is 246 g/mol. The normalized spacial score (nSPS) is 11.2. The Kier molecular flexibility index (Phi) is 4.24. The number of hydrogen-bond donors (Lipinski definition) is 0. The van der Waals surface area contributed by atoms with Gasteiger partial charge in [0.2, 0.25) is 0 Å². The van der Waals surface area contributed by atoms with Crippen LogP contribution in [0.25, 0.3) is 11.0 Å². The molecular weight excluding hydrogens is 224 g/mol. The van der Waals surface area contributed by atoms with E-state index in [1.165, 1.54) is 0 Å². The van der Waals surface area contributed by atoms with Crippen molar-refractivity contribution in [2.75, 3.05) is 0 Å². The number of benzene rings is 1. The van der Waals surface area contributed by atoms with Gasteiger partial charge in [-0.3, -0.25) is 9.13 Å². The zero-order valence-electron chi connectivity index (χ0n) is 11.4. The van der Waals surface area contributed by atoms with Crippen LogP contribution in [0.5, 0.6) is 0 Å². The lowest BCUT2D eigenvalue weighted by atomic mass is 10.3. The van der Waals surface area contributed by atoms with Crippen molar-refractivity contribution in [3.63, 3.8) is 0 Å². The van der Waals surface area contributed by atoms with Crippen molar-refractivity contribution >= 4 is 11.0 Å². The largest absolute Gasteiger partial charge is 0.329 e. The van der Waals surface area contributed by atoms with Gasteiger partial charge in [-0.25, -0.2) is 4.79 Å². The van der Waals surface area contributed by atoms with E-state index < -0.39 is 0 Å².